The van der Waals surface area contributed by atoms with E-state index in [0.29, 0.717) is 12.5 Å². The molecule has 1 aromatic rings. The van der Waals surface area contributed by atoms with Gasteiger partial charge in [0.15, 0.2) is 5.96 Å². The average molecular weight is 442 g/mol. The number of aliphatic imine (C=N–C) groups is 1. The van der Waals surface area contributed by atoms with Crippen molar-refractivity contribution in [2.75, 3.05) is 20.1 Å². The van der Waals surface area contributed by atoms with Crippen molar-refractivity contribution in [3.63, 3.8) is 0 Å². The van der Waals surface area contributed by atoms with Crippen LogP contribution < -0.4 is 10.6 Å². The van der Waals surface area contributed by atoms with Gasteiger partial charge in [-0.3, -0.25) is 4.99 Å². The normalized spacial score (nSPS) is 11.9. The van der Waals surface area contributed by atoms with Gasteiger partial charge >= 0.3 is 6.18 Å². The summed E-state index contributed by atoms with van der Waals surface area (Å²) in [6.45, 7) is 0.399. The van der Waals surface area contributed by atoms with Crippen LogP contribution in [0.25, 0.3) is 0 Å². The SMILES string of the molecule is CN=C(NCCc1ccc(Cl)s1)NCCC(F)(F)F.I. The molecule has 2 N–H and O–H groups in total. The van der Waals surface area contributed by atoms with E-state index < -0.39 is 12.6 Å². The Bertz CT molecular complexity index is 423. The van der Waals surface area contributed by atoms with E-state index in [2.05, 4.69) is 15.6 Å². The summed E-state index contributed by atoms with van der Waals surface area (Å²) in [7, 11) is 1.52. The predicted octanol–water partition coefficient (Wildman–Crippen LogP) is 3.68. The first kappa shape index (κ1) is 19.8. The fraction of sp³-hybridized carbons (Fsp3) is 0.545. The summed E-state index contributed by atoms with van der Waals surface area (Å²) in [6.07, 6.45) is -4.29. The maximum Gasteiger partial charge on any atom is 0.390 e. The Kier molecular flexibility index (Phi) is 9.56. The molecular weight excluding hydrogens is 426 g/mol. The molecule has 1 aromatic heterocycles. The second-order valence-electron chi connectivity index (χ2n) is 3.75. The third-order valence-corrected chi connectivity index (χ3v) is 3.51. The van der Waals surface area contributed by atoms with E-state index in [1.54, 1.807) is 0 Å². The smallest absolute Gasteiger partial charge is 0.356 e. The summed E-state index contributed by atoms with van der Waals surface area (Å²) in [4.78, 5) is 4.96. The number of halogens is 5. The van der Waals surface area contributed by atoms with Crippen molar-refractivity contribution in [3.8, 4) is 0 Å². The number of thiophene rings is 1. The van der Waals surface area contributed by atoms with E-state index in [4.69, 9.17) is 11.6 Å². The summed E-state index contributed by atoms with van der Waals surface area (Å²) in [5, 5.41) is 5.56. The zero-order valence-electron chi connectivity index (χ0n) is 10.8. The van der Waals surface area contributed by atoms with Gasteiger partial charge in [0.1, 0.15) is 0 Å². The minimum absolute atomic E-state index is 0. The van der Waals surface area contributed by atoms with Gasteiger partial charge in [-0.1, -0.05) is 11.6 Å². The van der Waals surface area contributed by atoms with Crippen LogP contribution in [-0.2, 0) is 6.42 Å². The molecule has 0 bridgehead atoms. The van der Waals surface area contributed by atoms with Gasteiger partial charge in [0.05, 0.1) is 10.8 Å². The van der Waals surface area contributed by atoms with Gasteiger partial charge in [0, 0.05) is 25.0 Å². The van der Waals surface area contributed by atoms with Crippen LogP contribution in [0.4, 0.5) is 13.2 Å². The molecule has 1 heterocycles. The standard InChI is InChI=1S/C11H15ClF3N3S.HI/c1-16-10(18-7-5-11(13,14)15)17-6-4-8-2-3-9(12)19-8;/h2-3H,4-7H2,1H3,(H2,16,17,18);1H. The Labute approximate surface area is 142 Å². The van der Waals surface area contributed by atoms with E-state index in [-0.39, 0.29) is 30.5 Å². The predicted molar refractivity (Wildman–Crippen MR) is 88.5 cm³/mol. The van der Waals surface area contributed by atoms with Crippen molar-refractivity contribution in [3.05, 3.63) is 21.3 Å². The third kappa shape index (κ3) is 8.85. The lowest BCUT2D eigenvalue weighted by molar-refractivity contribution is -0.132. The molecule has 0 radical (unpaired) electrons. The minimum atomic E-state index is -4.15. The molecule has 3 nitrogen and oxygen atoms in total. The van der Waals surface area contributed by atoms with Gasteiger partial charge < -0.3 is 10.6 Å². The third-order valence-electron chi connectivity index (χ3n) is 2.22. The maximum absolute atomic E-state index is 12.0. The number of hydrogen-bond donors (Lipinski definition) is 2. The Hall–Kier alpha value is -0.220. The molecule has 0 atom stereocenters. The van der Waals surface area contributed by atoms with E-state index in [1.165, 1.54) is 18.4 Å². The molecule has 0 spiro atoms. The van der Waals surface area contributed by atoms with Crippen molar-refractivity contribution in [2.24, 2.45) is 4.99 Å². The van der Waals surface area contributed by atoms with Crippen LogP contribution in [0.5, 0.6) is 0 Å². The highest BCUT2D eigenvalue weighted by atomic mass is 127. The minimum Gasteiger partial charge on any atom is -0.356 e. The van der Waals surface area contributed by atoms with Crippen LogP contribution in [0.1, 0.15) is 11.3 Å². The Morgan fingerprint density at radius 3 is 2.45 bits per heavy atom. The van der Waals surface area contributed by atoms with Crippen LogP contribution in [0.15, 0.2) is 17.1 Å². The topological polar surface area (TPSA) is 36.4 Å². The molecule has 0 saturated carbocycles. The number of nitrogens with one attached hydrogen (secondary N) is 2. The van der Waals surface area contributed by atoms with E-state index >= 15 is 0 Å². The highest BCUT2D eigenvalue weighted by molar-refractivity contribution is 14.0. The quantitative estimate of drug-likeness (QED) is 0.415. The van der Waals surface area contributed by atoms with Crippen molar-refractivity contribution in [1.29, 1.82) is 0 Å². The number of hydrogen-bond acceptors (Lipinski definition) is 2. The van der Waals surface area contributed by atoms with Crippen molar-refractivity contribution >= 4 is 52.9 Å². The van der Waals surface area contributed by atoms with Crippen molar-refractivity contribution in [2.45, 2.75) is 19.0 Å². The van der Waals surface area contributed by atoms with Crippen LogP contribution in [0, 0.1) is 0 Å². The molecule has 1 rings (SSSR count). The zero-order valence-corrected chi connectivity index (χ0v) is 14.7. The molecule has 0 unspecified atom stereocenters. The van der Waals surface area contributed by atoms with Crippen LogP contribution in [0.3, 0.4) is 0 Å². The molecular formula is C11H16ClF3IN3S. The Morgan fingerprint density at radius 1 is 1.30 bits per heavy atom. The van der Waals surface area contributed by atoms with Crippen LogP contribution in [0.2, 0.25) is 4.34 Å². The second kappa shape index (κ2) is 9.67. The van der Waals surface area contributed by atoms with E-state index in [9.17, 15) is 13.2 Å². The molecule has 0 aromatic carbocycles. The van der Waals surface area contributed by atoms with Crippen LogP contribution in [-0.4, -0.2) is 32.3 Å². The summed E-state index contributed by atoms with van der Waals surface area (Å²) in [5.41, 5.74) is 0. The fourth-order valence-electron chi connectivity index (χ4n) is 1.33. The van der Waals surface area contributed by atoms with Gasteiger partial charge in [-0.05, 0) is 18.6 Å². The monoisotopic (exact) mass is 441 g/mol. The van der Waals surface area contributed by atoms with Gasteiger partial charge in [0.2, 0.25) is 0 Å². The lowest BCUT2D eigenvalue weighted by Gasteiger charge is -2.12. The van der Waals surface area contributed by atoms with Gasteiger partial charge in [-0.2, -0.15) is 13.2 Å². The van der Waals surface area contributed by atoms with Crippen LogP contribution >= 0.6 is 46.9 Å². The van der Waals surface area contributed by atoms with E-state index in [0.717, 1.165) is 15.6 Å². The summed E-state index contributed by atoms with van der Waals surface area (Å²) in [5.74, 6) is 0.368. The molecule has 0 aliphatic rings. The molecule has 0 saturated heterocycles. The first-order valence-electron chi connectivity index (χ1n) is 5.66. The van der Waals surface area contributed by atoms with E-state index in [1.807, 2.05) is 12.1 Å². The molecule has 0 aliphatic heterocycles. The fourth-order valence-corrected chi connectivity index (χ4v) is 2.42. The number of guanidine groups is 1. The summed E-state index contributed by atoms with van der Waals surface area (Å²) < 4.78 is 36.6. The maximum atomic E-state index is 12.0. The summed E-state index contributed by atoms with van der Waals surface area (Å²) >= 11 is 7.28. The van der Waals surface area contributed by atoms with Gasteiger partial charge in [0.25, 0.3) is 0 Å². The van der Waals surface area contributed by atoms with Gasteiger partial charge in [-0.15, -0.1) is 35.3 Å². The highest BCUT2D eigenvalue weighted by Crippen LogP contribution is 2.21. The largest absolute Gasteiger partial charge is 0.390 e. The number of nitrogens with zero attached hydrogens (tertiary/aromatic N) is 1. The molecule has 20 heavy (non-hydrogen) atoms. The first-order chi connectivity index (χ1) is 8.90. The summed E-state index contributed by atoms with van der Waals surface area (Å²) in [6, 6.07) is 3.74. The Balaban J connectivity index is 0.00000361. The Morgan fingerprint density at radius 2 is 1.95 bits per heavy atom. The highest BCUT2D eigenvalue weighted by Gasteiger charge is 2.26. The first-order valence-corrected chi connectivity index (χ1v) is 6.85. The molecule has 116 valence electrons. The molecule has 0 amide bonds. The molecule has 0 aliphatic carbocycles. The number of rotatable bonds is 5. The number of alkyl halides is 3. The van der Waals surface area contributed by atoms with Gasteiger partial charge in [-0.25, -0.2) is 0 Å². The second-order valence-corrected chi connectivity index (χ2v) is 5.55. The molecule has 0 fully saturated rings. The van der Waals surface area contributed by atoms with Crippen molar-refractivity contribution in [1.82, 2.24) is 10.6 Å². The lowest BCUT2D eigenvalue weighted by Crippen LogP contribution is -2.39. The van der Waals surface area contributed by atoms with Crippen molar-refractivity contribution < 1.29 is 13.2 Å². The lowest BCUT2D eigenvalue weighted by atomic mass is 10.3. The zero-order chi connectivity index (χ0) is 14.3. The molecule has 9 heteroatoms. The average Bonchev–Trinajstić information content (AvgIpc) is 2.71.